The summed E-state index contributed by atoms with van der Waals surface area (Å²) in [7, 11) is 1.63. The molecule has 0 aliphatic heterocycles. The quantitative estimate of drug-likeness (QED) is 0.743. The lowest BCUT2D eigenvalue weighted by Gasteiger charge is -2.18. The Morgan fingerprint density at radius 2 is 2.12 bits per heavy atom. The lowest BCUT2D eigenvalue weighted by atomic mass is 10.0. The Morgan fingerprint density at radius 1 is 1.35 bits per heavy atom. The summed E-state index contributed by atoms with van der Waals surface area (Å²) < 4.78 is 31.7. The summed E-state index contributed by atoms with van der Waals surface area (Å²) in [4.78, 5) is 0. The fraction of sp³-hybridized carbons (Fsp3) is 0.538. The lowest BCUT2D eigenvalue weighted by Crippen LogP contribution is -2.22. The topological polar surface area (TPSA) is 21.3 Å². The standard InChI is InChI=1S/C13H19F2NO/c1-3-16-13(5-4-8-17-2)11-9-10(14)6-7-12(11)15/h6-7,9,13,16H,3-5,8H2,1-2H3. The Balaban J connectivity index is 2.77. The fourth-order valence-electron chi connectivity index (χ4n) is 1.83. The largest absolute Gasteiger partial charge is 0.385 e. The summed E-state index contributed by atoms with van der Waals surface area (Å²) in [6.45, 7) is 3.28. The molecule has 0 saturated heterocycles. The van der Waals surface area contributed by atoms with Crippen molar-refractivity contribution in [2.45, 2.75) is 25.8 Å². The molecule has 0 fully saturated rings. The molecule has 96 valence electrons. The molecule has 1 atom stereocenters. The van der Waals surface area contributed by atoms with Crippen LogP contribution >= 0.6 is 0 Å². The number of halogens is 2. The second kappa shape index (κ2) is 7.35. The van der Waals surface area contributed by atoms with Gasteiger partial charge in [0, 0.05) is 25.3 Å². The van der Waals surface area contributed by atoms with Gasteiger partial charge in [0.05, 0.1) is 0 Å². The molecule has 0 amide bonds. The summed E-state index contributed by atoms with van der Waals surface area (Å²) in [6.07, 6.45) is 1.53. The van der Waals surface area contributed by atoms with E-state index in [1.807, 2.05) is 6.92 Å². The van der Waals surface area contributed by atoms with E-state index in [1.54, 1.807) is 7.11 Å². The highest BCUT2D eigenvalue weighted by atomic mass is 19.1. The van der Waals surface area contributed by atoms with Crippen molar-refractivity contribution in [3.05, 3.63) is 35.4 Å². The van der Waals surface area contributed by atoms with Gasteiger partial charge in [0.2, 0.25) is 0 Å². The number of hydrogen-bond acceptors (Lipinski definition) is 2. The van der Waals surface area contributed by atoms with Gasteiger partial charge in [0.1, 0.15) is 11.6 Å². The van der Waals surface area contributed by atoms with Crippen LogP contribution in [-0.2, 0) is 4.74 Å². The van der Waals surface area contributed by atoms with Crippen molar-refractivity contribution in [2.75, 3.05) is 20.3 Å². The van der Waals surface area contributed by atoms with Crippen LogP contribution < -0.4 is 5.32 Å². The monoisotopic (exact) mass is 243 g/mol. The van der Waals surface area contributed by atoms with Crippen LogP contribution in [-0.4, -0.2) is 20.3 Å². The van der Waals surface area contributed by atoms with E-state index in [4.69, 9.17) is 4.74 Å². The van der Waals surface area contributed by atoms with Gasteiger partial charge in [0.25, 0.3) is 0 Å². The van der Waals surface area contributed by atoms with E-state index in [0.29, 0.717) is 18.7 Å². The first-order chi connectivity index (χ1) is 8.19. The molecule has 4 heteroatoms. The molecule has 0 radical (unpaired) electrons. The summed E-state index contributed by atoms with van der Waals surface area (Å²) in [5.74, 6) is -0.772. The summed E-state index contributed by atoms with van der Waals surface area (Å²) in [6, 6.07) is 3.41. The lowest BCUT2D eigenvalue weighted by molar-refractivity contribution is 0.188. The van der Waals surface area contributed by atoms with Crippen LogP contribution in [0.15, 0.2) is 18.2 Å². The molecule has 1 rings (SSSR count). The van der Waals surface area contributed by atoms with E-state index < -0.39 is 5.82 Å². The minimum Gasteiger partial charge on any atom is -0.385 e. The summed E-state index contributed by atoms with van der Waals surface area (Å²) in [5, 5.41) is 3.16. The zero-order valence-corrected chi connectivity index (χ0v) is 10.3. The first-order valence-corrected chi connectivity index (χ1v) is 5.86. The van der Waals surface area contributed by atoms with Gasteiger partial charge in [-0.15, -0.1) is 0 Å². The van der Waals surface area contributed by atoms with Crippen LogP contribution in [0.2, 0.25) is 0 Å². The van der Waals surface area contributed by atoms with Crippen LogP contribution in [0, 0.1) is 11.6 Å². The van der Waals surface area contributed by atoms with E-state index in [1.165, 1.54) is 12.1 Å². The number of nitrogens with one attached hydrogen (secondary N) is 1. The van der Waals surface area contributed by atoms with Crippen LogP contribution in [0.3, 0.4) is 0 Å². The van der Waals surface area contributed by atoms with Crippen molar-refractivity contribution in [1.82, 2.24) is 5.32 Å². The SMILES string of the molecule is CCNC(CCCOC)c1cc(F)ccc1F. The first kappa shape index (κ1) is 14.1. The van der Waals surface area contributed by atoms with E-state index in [0.717, 1.165) is 18.9 Å². The number of benzene rings is 1. The van der Waals surface area contributed by atoms with Gasteiger partial charge in [-0.1, -0.05) is 6.92 Å². The zero-order chi connectivity index (χ0) is 12.7. The van der Waals surface area contributed by atoms with Crippen molar-refractivity contribution in [3.63, 3.8) is 0 Å². The molecule has 0 spiro atoms. The molecule has 0 bridgehead atoms. The highest BCUT2D eigenvalue weighted by molar-refractivity contribution is 5.22. The molecule has 2 nitrogen and oxygen atoms in total. The maximum absolute atomic E-state index is 13.6. The minimum absolute atomic E-state index is 0.161. The maximum atomic E-state index is 13.6. The molecule has 0 aliphatic rings. The Labute approximate surface area is 101 Å². The van der Waals surface area contributed by atoms with Gasteiger partial charge in [-0.2, -0.15) is 0 Å². The van der Waals surface area contributed by atoms with Crippen molar-refractivity contribution < 1.29 is 13.5 Å². The van der Waals surface area contributed by atoms with Crippen LogP contribution in [0.1, 0.15) is 31.4 Å². The third-order valence-electron chi connectivity index (χ3n) is 2.63. The van der Waals surface area contributed by atoms with Crippen LogP contribution in [0.25, 0.3) is 0 Å². The summed E-state index contributed by atoms with van der Waals surface area (Å²) in [5.41, 5.74) is 0.392. The molecule has 0 aliphatic carbocycles. The third-order valence-corrected chi connectivity index (χ3v) is 2.63. The van der Waals surface area contributed by atoms with E-state index in [9.17, 15) is 8.78 Å². The minimum atomic E-state index is -0.406. The molecule has 1 unspecified atom stereocenters. The molecule has 1 N–H and O–H groups in total. The molecule has 0 saturated carbocycles. The maximum Gasteiger partial charge on any atom is 0.128 e. The molecule has 1 aromatic carbocycles. The number of rotatable bonds is 7. The van der Waals surface area contributed by atoms with E-state index in [2.05, 4.69) is 5.32 Å². The van der Waals surface area contributed by atoms with Gasteiger partial charge in [-0.05, 0) is 37.6 Å². The number of hydrogen-bond donors (Lipinski definition) is 1. The van der Waals surface area contributed by atoms with E-state index in [-0.39, 0.29) is 11.9 Å². The Bertz CT molecular complexity index is 344. The first-order valence-electron chi connectivity index (χ1n) is 5.86. The van der Waals surface area contributed by atoms with Crippen molar-refractivity contribution in [2.24, 2.45) is 0 Å². The van der Waals surface area contributed by atoms with Crippen molar-refractivity contribution in [1.29, 1.82) is 0 Å². The molecular formula is C13H19F2NO. The van der Waals surface area contributed by atoms with Gasteiger partial charge in [0.15, 0.2) is 0 Å². The number of ether oxygens (including phenoxy) is 1. The Kier molecular flexibility index (Phi) is 6.08. The average molecular weight is 243 g/mol. The van der Waals surface area contributed by atoms with Gasteiger partial charge >= 0.3 is 0 Å². The second-order valence-corrected chi connectivity index (χ2v) is 3.91. The zero-order valence-electron chi connectivity index (χ0n) is 10.3. The smallest absolute Gasteiger partial charge is 0.128 e. The predicted octanol–water partition coefficient (Wildman–Crippen LogP) is 3.04. The highest BCUT2D eigenvalue weighted by Gasteiger charge is 2.15. The molecule has 0 aromatic heterocycles. The van der Waals surface area contributed by atoms with E-state index >= 15 is 0 Å². The molecule has 17 heavy (non-hydrogen) atoms. The third kappa shape index (κ3) is 4.40. The molecule has 0 heterocycles. The second-order valence-electron chi connectivity index (χ2n) is 3.91. The predicted molar refractivity (Wildman–Crippen MR) is 63.9 cm³/mol. The normalized spacial score (nSPS) is 12.7. The van der Waals surface area contributed by atoms with Gasteiger partial charge in [-0.3, -0.25) is 0 Å². The average Bonchev–Trinajstić information content (AvgIpc) is 2.32. The van der Waals surface area contributed by atoms with Gasteiger partial charge in [-0.25, -0.2) is 8.78 Å². The Morgan fingerprint density at radius 3 is 2.76 bits per heavy atom. The van der Waals surface area contributed by atoms with Gasteiger partial charge < -0.3 is 10.1 Å². The van der Waals surface area contributed by atoms with Crippen LogP contribution in [0.4, 0.5) is 8.78 Å². The van der Waals surface area contributed by atoms with Crippen LogP contribution in [0.5, 0.6) is 0 Å². The fourth-order valence-corrected chi connectivity index (χ4v) is 1.83. The van der Waals surface area contributed by atoms with Crippen molar-refractivity contribution in [3.8, 4) is 0 Å². The molecule has 1 aromatic rings. The number of methoxy groups -OCH3 is 1. The summed E-state index contributed by atoms with van der Waals surface area (Å²) >= 11 is 0. The highest BCUT2D eigenvalue weighted by Crippen LogP contribution is 2.22. The Hall–Kier alpha value is -1.00. The van der Waals surface area contributed by atoms with Crippen molar-refractivity contribution >= 4 is 0 Å². The molecular weight excluding hydrogens is 224 g/mol.